The van der Waals surface area contributed by atoms with Gasteiger partial charge < -0.3 is 33.6 Å². The van der Waals surface area contributed by atoms with Gasteiger partial charge in [0.25, 0.3) is 0 Å². The molecule has 4 aromatic heterocycles. The summed E-state index contributed by atoms with van der Waals surface area (Å²) >= 11 is 0. The summed E-state index contributed by atoms with van der Waals surface area (Å²) < 4.78 is 18.7. The van der Waals surface area contributed by atoms with Gasteiger partial charge in [0.2, 0.25) is 0 Å². The van der Waals surface area contributed by atoms with Gasteiger partial charge in [-0.25, -0.2) is 9.97 Å². The zero-order valence-corrected chi connectivity index (χ0v) is 23.9. The first-order chi connectivity index (χ1) is 18.5. The highest BCUT2D eigenvalue weighted by Gasteiger charge is 2.15. The lowest BCUT2D eigenvalue weighted by Gasteiger charge is -2.28. The molecule has 4 aromatic rings. The third kappa shape index (κ3) is 8.29. The molecule has 0 bridgehead atoms. The first-order valence-electron chi connectivity index (χ1n) is 13.6. The summed E-state index contributed by atoms with van der Waals surface area (Å²) in [4.78, 5) is 16.8. The molecule has 9 nitrogen and oxygen atoms in total. The Kier molecular flexibility index (Phi) is 11.6. The number of aromatic amines is 1. The van der Waals surface area contributed by atoms with E-state index in [1.54, 1.807) is 0 Å². The van der Waals surface area contributed by atoms with E-state index in [0.717, 1.165) is 70.5 Å². The fraction of sp³-hybridized carbons (Fsp3) is 0.533. The zero-order valence-electron chi connectivity index (χ0n) is 22.9. The Morgan fingerprint density at radius 2 is 1.45 bits per heavy atom. The fourth-order valence-corrected chi connectivity index (χ4v) is 5.39. The van der Waals surface area contributed by atoms with Crippen LogP contribution in [0.2, 0.25) is 25.7 Å². The Hall–Kier alpha value is -2.92. The van der Waals surface area contributed by atoms with Gasteiger partial charge >= 0.3 is 0 Å². The number of nitrogens with one attached hydrogen (secondary N) is 1. The second-order valence-electron chi connectivity index (χ2n) is 11.0. The molecule has 0 aromatic carbocycles. The number of hydrogen-bond donors (Lipinski definition) is 1. The van der Waals surface area contributed by atoms with E-state index < -0.39 is 8.07 Å². The maximum Gasteiger partial charge on any atom is 0.141 e. The van der Waals surface area contributed by atoms with Crippen LogP contribution < -0.4 is 9.80 Å². The van der Waals surface area contributed by atoms with E-state index in [1.165, 1.54) is 28.2 Å². The maximum absolute atomic E-state index is 5.84. The summed E-state index contributed by atoms with van der Waals surface area (Å²) in [5.74, 6) is 0. The predicted molar refractivity (Wildman–Crippen MR) is 169 cm³/mol. The molecule has 0 aliphatic carbocycles. The van der Waals surface area contributed by atoms with Crippen LogP contribution in [0.25, 0.3) is 22.1 Å². The van der Waals surface area contributed by atoms with Gasteiger partial charge in [0.05, 0.1) is 50.2 Å². The maximum atomic E-state index is 5.84. The topological polar surface area (TPSA) is 80.7 Å². The molecule has 0 atom stereocenters. The third-order valence-corrected chi connectivity index (χ3v) is 8.66. The molecule has 6 heterocycles. The smallest absolute Gasteiger partial charge is 0.141 e. The summed E-state index contributed by atoms with van der Waals surface area (Å²) in [7, 11) is -1.03. The number of rotatable bonds is 7. The molecule has 2 aliphatic rings. The number of morpholine rings is 2. The van der Waals surface area contributed by atoms with Crippen LogP contribution in [0.15, 0.2) is 49.1 Å². The monoisotopic (exact) mass is 568 g/mol. The summed E-state index contributed by atoms with van der Waals surface area (Å²) in [5, 5.41) is 2.33. The number of hydrogen-bond acceptors (Lipinski definition) is 7. The highest BCUT2D eigenvalue weighted by Crippen LogP contribution is 2.22. The molecule has 0 unspecified atom stereocenters. The van der Waals surface area contributed by atoms with Crippen molar-refractivity contribution in [1.82, 2.24) is 19.5 Å². The molecule has 6 rings (SSSR count). The van der Waals surface area contributed by atoms with E-state index in [-0.39, 0.29) is 14.9 Å². The van der Waals surface area contributed by atoms with Crippen LogP contribution in [0.1, 0.15) is 14.9 Å². The van der Waals surface area contributed by atoms with Gasteiger partial charge in [-0.15, -0.1) is 0 Å². The van der Waals surface area contributed by atoms with Crippen molar-refractivity contribution in [2.75, 3.05) is 69.0 Å². The van der Waals surface area contributed by atoms with Crippen molar-refractivity contribution in [2.45, 2.75) is 47.3 Å². The number of aromatic nitrogens is 4. The minimum Gasteiger partial charge on any atom is -0.378 e. The van der Waals surface area contributed by atoms with Gasteiger partial charge in [-0.05, 0) is 30.3 Å². The first kappa shape index (κ1) is 31.6. The van der Waals surface area contributed by atoms with Crippen LogP contribution in [0.4, 0.5) is 11.4 Å². The number of ether oxygens (including phenoxy) is 3. The summed E-state index contributed by atoms with van der Waals surface area (Å²) in [6.45, 7) is 15.5. The standard InChI is InChI=1S/C17H27N3O2Si.C11H13N3O.2CH4/c1-23(2,3)11-10-22-14-20-5-4-15-12-16(13-18-17(15)20)19-6-8-21-9-7-19;1-2-12-11-9(1)7-10(8-13-11)14-3-5-15-6-4-14;;/h4-5,12-13H,6-11,14H2,1-3H3;1-2,7-8H,3-6H2,(H,12,13);2*1H4. The number of fused-ring (bicyclic) bond motifs is 2. The van der Waals surface area contributed by atoms with Crippen molar-refractivity contribution < 1.29 is 14.2 Å². The minimum absolute atomic E-state index is 0. The van der Waals surface area contributed by atoms with Gasteiger partial charge in [-0.3, -0.25) is 0 Å². The van der Waals surface area contributed by atoms with Gasteiger partial charge in [-0.1, -0.05) is 34.5 Å². The Balaban J connectivity index is 0.000000226. The number of nitrogens with zero attached hydrogens (tertiary/aromatic N) is 5. The van der Waals surface area contributed by atoms with Crippen LogP contribution in [-0.4, -0.2) is 86.8 Å². The van der Waals surface area contributed by atoms with E-state index in [4.69, 9.17) is 14.2 Å². The second kappa shape index (κ2) is 14.6. The van der Waals surface area contributed by atoms with Crippen molar-refractivity contribution in [2.24, 2.45) is 0 Å². The molecule has 2 aliphatic heterocycles. The van der Waals surface area contributed by atoms with Gasteiger partial charge in [0.1, 0.15) is 18.0 Å². The van der Waals surface area contributed by atoms with E-state index in [1.807, 2.05) is 24.7 Å². The molecule has 0 radical (unpaired) electrons. The van der Waals surface area contributed by atoms with Gasteiger partial charge in [0, 0.05) is 64.0 Å². The highest BCUT2D eigenvalue weighted by atomic mass is 28.3. The largest absolute Gasteiger partial charge is 0.378 e. The Morgan fingerprint density at radius 3 is 2.08 bits per heavy atom. The van der Waals surface area contributed by atoms with Crippen LogP contribution in [0.3, 0.4) is 0 Å². The molecule has 0 spiro atoms. The molecular weight excluding hydrogens is 520 g/mol. The van der Waals surface area contributed by atoms with Gasteiger partial charge in [-0.2, -0.15) is 0 Å². The summed E-state index contributed by atoms with van der Waals surface area (Å²) in [5.41, 5.74) is 4.31. The Morgan fingerprint density at radius 1 is 0.850 bits per heavy atom. The van der Waals surface area contributed by atoms with E-state index in [9.17, 15) is 0 Å². The fourth-order valence-electron chi connectivity index (χ4n) is 4.63. The number of H-pyrrole nitrogens is 1. The summed E-state index contributed by atoms with van der Waals surface area (Å²) in [6, 6.07) is 9.75. The number of pyridine rings is 2. The molecule has 0 saturated carbocycles. The van der Waals surface area contributed by atoms with Crippen molar-refractivity contribution >= 4 is 41.5 Å². The molecule has 2 saturated heterocycles. The molecular formula is C30H48N6O3Si. The second-order valence-corrected chi connectivity index (χ2v) is 16.7. The van der Waals surface area contributed by atoms with Crippen molar-refractivity contribution in [1.29, 1.82) is 0 Å². The molecule has 10 heteroatoms. The number of anilines is 2. The lowest BCUT2D eigenvalue weighted by Crippen LogP contribution is -2.36. The lowest BCUT2D eigenvalue weighted by atomic mass is 10.3. The van der Waals surface area contributed by atoms with Crippen molar-refractivity contribution in [3.05, 3.63) is 49.1 Å². The van der Waals surface area contributed by atoms with E-state index >= 15 is 0 Å². The minimum atomic E-state index is -1.03. The molecule has 1 N–H and O–H groups in total. The zero-order chi connectivity index (χ0) is 26.4. The predicted octanol–water partition coefficient (Wildman–Crippen LogP) is 5.86. The van der Waals surface area contributed by atoms with E-state index in [2.05, 4.69) is 73.4 Å². The van der Waals surface area contributed by atoms with Crippen molar-refractivity contribution in [3.8, 4) is 0 Å². The Labute approximate surface area is 240 Å². The SMILES string of the molecule is C.C.C[Si](C)(C)CCOCn1ccc2cc(N3CCOCC3)cnc21.c1cc2cc(N3CCOCC3)cnc2[nH]1. The first-order valence-corrected chi connectivity index (χ1v) is 17.3. The molecule has 0 amide bonds. The average Bonchev–Trinajstić information content (AvgIpc) is 3.58. The summed E-state index contributed by atoms with van der Waals surface area (Å²) in [6.07, 6.45) is 7.87. The normalized spacial score (nSPS) is 15.8. The molecule has 40 heavy (non-hydrogen) atoms. The van der Waals surface area contributed by atoms with Crippen LogP contribution >= 0.6 is 0 Å². The highest BCUT2D eigenvalue weighted by molar-refractivity contribution is 6.76. The third-order valence-electron chi connectivity index (χ3n) is 6.95. The van der Waals surface area contributed by atoms with Crippen LogP contribution in [-0.2, 0) is 20.9 Å². The van der Waals surface area contributed by atoms with E-state index in [0.29, 0.717) is 6.73 Å². The Bertz CT molecular complexity index is 1310. The van der Waals surface area contributed by atoms with Crippen LogP contribution in [0.5, 0.6) is 0 Å². The lowest BCUT2D eigenvalue weighted by molar-refractivity contribution is 0.0899. The molecule has 220 valence electrons. The average molecular weight is 569 g/mol. The van der Waals surface area contributed by atoms with Gasteiger partial charge in [0.15, 0.2) is 0 Å². The quantitative estimate of drug-likeness (QED) is 0.221. The van der Waals surface area contributed by atoms with Crippen LogP contribution in [0, 0.1) is 0 Å². The van der Waals surface area contributed by atoms with Crippen molar-refractivity contribution in [3.63, 3.8) is 0 Å². The molecule has 2 fully saturated rings.